The normalized spacial score (nSPS) is 15.0. The first-order valence-electron chi connectivity index (χ1n) is 9.22. The number of hydrogen-bond acceptors (Lipinski definition) is 4. The number of amides is 2. The third kappa shape index (κ3) is 5.35. The standard InChI is InChI=1S/C23H13BrClI2NO3S/c24-15-7-5-13(6-8-15)12-31-21-17(26)9-14(10-18(21)27)11-20-22(29)28(23(30)32-20)19-4-2-1-3-16(19)25/h1-11H,12H2/b20-11-. The lowest BCUT2D eigenvalue weighted by Crippen LogP contribution is -2.27. The SMILES string of the molecule is O=C1S/C(=C\c2cc(I)c(OCc3ccc(Br)cc3)c(I)c2)C(=O)N1c1ccccc1Cl. The second-order valence-corrected chi connectivity index (χ2v) is 11.3. The van der Waals surface area contributed by atoms with E-state index in [-0.39, 0.29) is 11.1 Å². The van der Waals surface area contributed by atoms with Gasteiger partial charge in [0.15, 0.2) is 0 Å². The highest BCUT2D eigenvalue weighted by molar-refractivity contribution is 14.1. The molecule has 1 aliphatic rings. The van der Waals surface area contributed by atoms with E-state index in [2.05, 4.69) is 61.1 Å². The molecule has 0 radical (unpaired) electrons. The summed E-state index contributed by atoms with van der Waals surface area (Å²) in [6, 6.07) is 18.6. The molecular formula is C23H13BrClI2NO3S. The number of carbonyl (C=O) groups is 2. The molecule has 3 aromatic rings. The maximum atomic E-state index is 12.9. The van der Waals surface area contributed by atoms with Crippen LogP contribution in [-0.2, 0) is 11.4 Å². The Bertz CT molecular complexity index is 1230. The summed E-state index contributed by atoms with van der Waals surface area (Å²) in [6.45, 7) is 0.454. The molecule has 0 N–H and O–H groups in total. The second kappa shape index (κ2) is 10.5. The lowest BCUT2D eigenvalue weighted by Gasteiger charge is -2.13. The van der Waals surface area contributed by atoms with Gasteiger partial charge in [-0.2, -0.15) is 0 Å². The molecule has 1 heterocycles. The Hall–Kier alpha value is -1.08. The van der Waals surface area contributed by atoms with E-state index in [1.165, 1.54) is 0 Å². The number of imide groups is 1. The van der Waals surface area contributed by atoms with E-state index >= 15 is 0 Å². The molecule has 1 fully saturated rings. The Morgan fingerprint density at radius 1 is 1.03 bits per heavy atom. The molecule has 0 aromatic heterocycles. The summed E-state index contributed by atoms with van der Waals surface area (Å²) < 4.78 is 8.91. The minimum atomic E-state index is -0.381. The van der Waals surface area contributed by atoms with Crippen molar-refractivity contribution in [1.29, 1.82) is 0 Å². The van der Waals surface area contributed by atoms with Gasteiger partial charge in [0.05, 0.1) is 22.8 Å². The van der Waals surface area contributed by atoms with Crippen LogP contribution in [0.5, 0.6) is 5.75 Å². The van der Waals surface area contributed by atoms with Crippen molar-refractivity contribution >= 4 is 107 Å². The van der Waals surface area contributed by atoms with Crippen molar-refractivity contribution < 1.29 is 14.3 Å². The molecule has 1 aliphatic heterocycles. The Labute approximate surface area is 230 Å². The molecule has 0 unspecified atom stereocenters. The predicted octanol–water partition coefficient (Wildman–Crippen LogP) is 8.13. The van der Waals surface area contributed by atoms with Crippen molar-refractivity contribution in [2.24, 2.45) is 0 Å². The molecule has 2 amide bonds. The molecular weight excluding hydrogens is 739 g/mol. The number of carbonyl (C=O) groups excluding carboxylic acids is 2. The van der Waals surface area contributed by atoms with Crippen molar-refractivity contribution in [3.8, 4) is 5.75 Å². The van der Waals surface area contributed by atoms with Gasteiger partial charge < -0.3 is 4.74 Å². The molecule has 0 atom stereocenters. The van der Waals surface area contributed by atoms with Crippen molar-refractivity contribution in [3.63, 3.8) is 0 Å². The molecule has 4 rings (SSSR count). The summed E-state index contributed by atoms with van der Waals surface area (Å²) in [5.74, 6) is 0.407. The fraction of sp³-hybridized carbons (Fsp3) is 0.0435. The highest BCUT2D eigenvalue weighted by Crippen LogP contribution is 2.39. The predicted molar refractivity (Wildman–Crippen MR) is 150 cm³/mol. The molecule has 9 heteroatoms. The van der Waals surface area contributed by atoms with Gasteiger partial charge in [-0.15, -0.1) is 0 Å². The van der Waals surface area contributed by atoms with Crippen LogP contribution in [0.25, 0.3) is 6.08 Å². The van der Waals surface area contributed by atoms with E-state index in [1.807, 2.05) is 36.4 Å². The van der Waals surface area contributed by atoms with Gasteiger partial charge in [-0.3, -0.25) is 9.59 Å². The summed E-state index contributed by atoms with van der Waals surface area (Å²) in [5.41, 5.74) is 2.28. The number of nitrogens with zero attached hydrogens (tertiary/aromatic N) is 1. The highest BCUT2D eigenvalue weighted by atomic mass is 127. The monoisotopic (exact) mass is 751 g/mol. The van der Waals surface area contributed by atoms with Gasteiger partial charge in [-0.1, -0.05) is 51.8 Å². The summed E-state index contributed by atoms with van der Waals surface area (Å²) in [6.07, 6.45) is 1.73. The highest BCUT2D eigenvalue weighted by Gasteiger charge is 2.37. The van der Waals surface area contributed by atoms with Crippen LogP contribution in [0.4, 0.5) is 10.5 Å². The molecule has 0 spiro atoms. The third-order valence-corrected chi connectivity index (χ3v) is 7.82. The van der Waals surface area contributed by atoms with Crippen LogP contribution in [0.1, 0.15) is 11.1 Å². The van der Waals surface area contributed by atoms with Gasteiger partial charge in [0.25, 0.3) is 11.1 Å². The maximum Gasteiger partial charge on any atom is 0.298 e. The average Bonchev–Trinajstić information content (AvgIpc) is 3.02. The zero-order valence-electron chi connectivity index (χ0n) is 16.2. The Morgan fingerprint density at radius 3 is 2.34 bits per heavy atom. The number of rotatable bonds is 5. The van der Waals surface area contributed by atoms with E-state index in [0.29, 0.717) is 22.2 Å². The second-order valence-electron chi connectivity index (χ2n) is 6.70. The maximum absolute atomic E-state index is 12.9. The minimum absolute atomic E-state index is 0.352. The molecule has 0 bridgehead atoms. The van der Waals surface area contributed by atoms with Crippen molar-refractivity contribution in [2.75, 3.05) is 4.90 Å². The zero-order valence-corrected chi connectivity index (χ0v) is 23.6. The van der Waals surface area contributed by atoms with Gasteiger partial charge in [-0.05, 0) is 111 Å². The summed E-state index contributed by atoms with van der Waals surface area (Å²) in [4.78, 5) is 26.9. The van der Waals surface area contributed by atoms with Gasteiger partial charge in [-0.25, -0.2) is 4.90 Å². The number of thioether (sulfide) groups is 1. The van der Waals surface area contributed by atoms with Crippen LogP contribution in [0, 0.1) is 7.14 Å². The first-order valence-corrected chi connectivity index (χ1v) is 13.4. The fourth-order valence-electron chi connectivity index (χ4n) is 3.00. The molecule has 0 aliphatic carbocycles. The van der Waals surface area contributed by atoms with Crippen LogP contribution in [0.15, 0.2) is 70.0 Å². The zero-order chi connectivity index (χ0) is 22.8. The van der Waals surface area contributed by atoms with Gasteiger partial charge >= 0.3 is 0 Å². The van der Waals surface area contributed by atoms with Crippen molar-refractivity contribution in [2.45, 2.75) is 6.61 Å². The largest absolute Gasteiger partial charge is 0.487 e. The Kier molecular flexibility index (Phi) is 7.86. The number of benzene rings is 3. The molecule has 3 aromatic carbocycles. The number of hydrogen-bond donors (Lipinski definition) is 0. The fourth-order valence-corrected chi connectivity index (χ4v) is 6.44. The lowest BCUT2D eigenvalue weighted by molar-refractivity contribution is -0.113. The molecule has 32 heavy (non-hydrogen) atoms. The first-order chi connectivity index (χ1) is 15.3. The summed E-state index contributed by atoms with van der Waals surface area (Å²) >= 11 is 15.0. The van der Waals surface area contributed by atoms with E-state index < -0.39 is 0 Å². The topological polar surface area (TPSA) is 46.6 Å². The Balaban J connectivity index is 1.55. The van der Waals surface area contributed by atoms with Crippen LogP contribution in [0.2, 0.25) is 5.02 Å². The van der Waals surface area contributed by atoms with Crippen LogP contribution >= 0.6 is 84.5 Å². The lowest BCUT2D eigenvalue weighted by atomic mass is 10.2. The number of anilines is 1. The Morgan fingerprint density at radius 2 is 1.69 bits per heavy atom. The van der Waals surface area contributed by atoms with Crippen LogP contribution in [0.3, 0.4) is 0 Å². The van der Waals surface area contributed by atoms with E-state index in [4.69, 9.17) is 16.3 Å². The first kappa shape index (κ1) is 24.1. The van der Waals surface area contributed by atoms with Crippen molar-refractivity contribution in [1.82, 2.24) is 0 Å². The number of para-hydroxylation sites is 1. The van der Waals surface area contributed by atoms with Gasteiger partial charge in [0.1, 0.15) is 12.4 Å². The van der Waals surface area contributed by atoms with E-state index in [0.717, 1.165) is 45.2 Å². The van der Waals surface area contributed by atoms with Crippen molar-refractivity contribution in [3.05, 3.63) is 93.3 Å². The quantitative estimate of drug-likeness (QED) is 0.195. The minimum Gasteiger partial charge on any atom is -0.487 e. The van der Waals surface area contributed by atoms with Crippen LogP contribution in [-0.4, -0.2) is 11.1 Å². The van der Waals surface area contributed by atoms with Gasteiger partial charge in [0, 0.05) is 4.47 Å². The molecule has 162 valence electrons. The molecule has 4 nitrogen and oxygen atoms in total. The van der Waals surface area contributed by atoms with Crippen LogP contribution < -0.4 is 9.64 Å². The summed E-state index contributed by atoms with van der Waals surface area (Å²) in [7, 11) is 0. The summed E-state index contributed by atoms with van der Waals surface area (Å²) in [5, 5.41) is -0.0133. The van der Waals surface area contributed by atoms with E-state index in [1.54, 1.807) is 30.3 Å². The molecule has 0 saturated carbocycles. The number of halogens is 4. The smallest absolute Gasteiger partial charge is 0.298 e. The molecule has 1 saturated heterocycles. The average molecular weight is 753 g/mol. The third-order valence-electron chi connectivity index (χ3n) is 4.50. The number of ether oxygens (including phenoxy) is 1. The van der Waals surface area contributed by atoms with Gasteiger partial charge in [0.2, 0.25) is 0 Å². The van der Waals surface area contributed by atoms with E-state index in [9.17, 15) is 9.59 Å².